The number of hydrogen-bond donors (Lipinski definition) is 0. The molecule has 0 radical (unpaired) electrons. The number of carbonyl (C=O) groups excluding carboxylic acids is 1. The second-order valence-electron chi connectivity index (χ2n) is 5.74. The molecule has 1 aliphatic rings. The maximum atomic E-state index is 12.4. The molecule has 1 aliphatic heterocycles. The predicted molar refractivity (Wildman–Crippen MR) is 75.8 cm³/mol. The molecule has 3 heterocycles. The van der Waals surface area contributed by atoms with E-state index in [2.05, 4.69) is 22.0 Å². The average Bonchev–Trinajstić information content (AvgIpc) is 2.96. The molecule has 0 N–H and O–H groups in total. The number of rotatable bonds is 2. The summed E-state index contributed by atoms with van der Waals surface area (Å²) in [6.07, 6.45) is 4.93. The first-order valence-corrected chi connectivity index (χ1v) is 7.09. The van der Waals surface area contributed by atoms with E-state index in [9.17, 15) is 4.79 Å². The second kappa shape index (κ2) is 5.27. The van der Waals surface area contributed by atoms with Crippen molar-refractivity contribution < 1.29 is 9.32 Å². The molecular formula is C15H18N4O2. The van der Waals surface area contributed by atoms with Crippen molar-refractivity contribution >= 4 is 5.91 Å². The fourth-order valence-electron chi connectivity index (χ4n) is 2.64. The zero-order valence-corrected chi connectivity index (χ0v) is 12.2. The molecule has 1 amide bonds. The van der Waals surface area contributed by atoms with Gasteiger partial charge in [-0.3, -0.25) is 9.78 Å². The molecule has 6 heteroatoms. The van der Waals surface area contributed by atoms with Crippen LogP contribution in [0.25, 0.3) is 0 Å². The largest absolute Gasteiger partial charge is 0.339 e. The fourth-order valence-corrected chi connectivity index (χ4v) is 2.64. The molecule has 0 aromatic carbocycles. The summed E-state index contributed by atoms with van der Waals surface area (Å²) in [4.78, 5) is 22.6. The third-order valence-corrected chi connectivity index (χ3v) is 4.13. The zero-order chi connectivity index (χ0) is 14.9. The van der Waals surface area contributed by atoms with Crippen LogP contribution in [-0.2, 0) is 5.41 Å². The lowest BCUT2D eigenvalue weighted by Gasteiger charge is -2.36. The van der Waals surface area contributed by atoms with Crippen LogP contribution in [0.15, 0.2) is 29.0 Å². The van der Waals surface area contributed by atoms with Crippen molar-refractivity contribution in [3.8, 4) is 0 Å². The van der Waals surface area contributed by atoms with Crippen molar-refractivity contribution in [1.29, 1.82) is 0 Å². The minimum atomic E-state index is -0.143. The van der Waals surface area contributed by atoms with Gasteiger partial charge in [0.1, 0.15) is 0 Å². The van der Waals surface area contributed by atoms with Crippen molar-refractivity contribution in [1.82, 2.24) is 20.0 Å². The highest BCUT2D eigenvalue weighted by Crippen LogP contribution is 2.34. The predicted octanol–water partition coefficient (Wildman–Crippen LogP) is 1.97. The van der Waals surface area contributed by atoms with E-state index < -0.39 is 0 Å². The van der Waals surface area contributed by atoms with Crippen LogP contribution in [0.2, 0.25) is 0 Å². The first-order valence-electron chi connectivity index (χ1n) is 7.09. The number of aromatic nitrogens is 3. The Hall–Kier alpha value is -2.24. The molecule has 0 spiro atoms. The number of pyridine rings is 1. The first kappa shape index (κ1) is 13.7. The molecule has 21 heavy (non-hydrogen) atoms. The standard InChI is InChI=1S/C15H18N4O2/c1-11-17-14(21-18-11)15(2)5-9-19(10-6-15)13(20)12-3-7-16-8-4-12/h3-4,7-8H,5-6,9-10H2,1-2H3. The normalized spacial score (nSPS) is 17.7. The Balaban J connectivity index is 1.69. The molecule has 110 valence electrons. The molecule has 2 aromatic heterocycles. The van der Waals surface area contributed by atoms with Crippen molar-refractivity contribution in [3.05, 3.63) is 41.8 Å². The van der Waals surface area contributed by atoms with Crippen LogP contribution in [-0.4, -0.2) is 39.0 Å². The summed E-state index contributed by atoms with van der Waals surface area (Å²) in [7, 11) is 0. The number of hydrogen-bond acceptors (Lipinski definition) is 5. The molecule has 1 saturated heterocycles. The van der Waals surface area contributed by atoms with E-state index in [0.717, 1.165) is 12.8 Å². The minimum absolute atomic E-state index is 0.0566. The number of nitrogens with zero attached hydrogens (tertiary/aromatic N) is 4. The van der Waals surface area contributed by atoms with Gasteiger partial charge in [-0.05, 0) is 31.9 Å². The van der Waals surface area contributed by atoms with E-state index in [1.165, 1.54) is 0 Å². The van der Waals surface area contributed by atoms with Crippen LogP contribution in [0, 0.1) is 6.92 Å². The summed E-state index contributed by atoms with van der Waals surface area (Å²) in [6, 6.07) is 3.50. The van der Waals surface area contributed by atoms with Crippen LogP contribution in [0.1, 0.15) is 41.8 Å². The number of aryl methyl sites for hydroxylation is 1. The van der Waals surface area contributed by atoms with Crippen molar-refractivity contribution in [2.24, 2.45) is 0 Å². The van der Waals surface area contributed by atoms with Gasteiger partial charge in [0.15, 0.2) is 5.82 Å². The van der Waals surface area contributed by atoms with Crippen LogP contribution < -0.4 is 0 Å². The van der Waals surface area contributed by atoms with E-state index >= 15 is 0 Å². The molecule has 3 rings (SSSR count). The highest BCUT2D eigenvalue weighted by atomic mass is 16.5. The molecular weight excluding hydrogens is 268 g/mol. The van der Waals surface area contributed by atoms with Crippen LogP contribution >= 0.6 is 0 Å². The Bertz CT molecular complexity index is 630. The minimum Gasteiger partial charge on any atom is -0.339 e. The summed E-state index contributed by atoms with van der Waals surface area (Å²) in [5.41, 5.74) is 0.540. The Labute approximate surface area is 123 Å². The zero-order valence-electron chi connectivity index (χ0n) is 12.2. The monoisotopic (exact) mass is 286 g/mol. The van der Waals surface area contributed by atoms with E-state index in [0.29, 0.717) is 30.4 Å². The smallest absolute Gasteiger partial charge is 0.253 e. The van der Waals surface area contributed by atoms with E-state index in [4.69, 9.17) is 4.52 Å². The topological polar surface area (TPSA) is 72.1 Å². The van der Waals surface area contributed by atoms with E-state index in [1.54, 1.807) is 24.5 Å². The molecule has 0 bridgehead atoms. The molecule has 2 aromatic rings. The van der Waals surface area contributed by atoms with Gasteiger partial charge in [-0.15, -0.1) is 0 Å². The van der Waals surface area contributed by atoms with Gasteiger partial charge in [-0.2, -0.15) is 4.98 Å². The van der Waals surface area contributed by atoms with Gasteiger partial charge in [-0.25, -0.2) is 0 Å². The van der Waals surface area contributed by atoms with Gasteiger partial charge in [0, 0.05) is 31.0 Å². The van der Waals surface area contributed by atoms with E-state index in [-0.39, 0.29) is 11.3 Å². The van der Waals surface area contributed by atoms with Gasteiger partial charge in [0.25, 0.3) is 5.91 Å². The molecule has 1 fully saturated rings. The number of piperidine rings is 1. The van der Waals surface area contributed by atoms with Crippen molar-refractivity contribution in [3.63, 3.8) is 0 Å². The summed E-state index contributed by atoms with van der Waals surface area (Å²) in [5.74, 6) is 1.39. The Morgan fingerprint density at radius 3 is 2.52 bits per heavy atom. The third kappa shape index (κ3) is 2.66. The maximum absolute atomic E-state index is 12.4. The van der Waals surface area contributed by atoms with Gasteiger partial charge >= 0.3 is 0 Å². The van der Waals surface area contributed by atoms with Crippen LogP contribution in [0.5, 0.6) is 0 Å². The number of carbonyl (C=O) groups is 1. The van der Waals surface area contributed by atoms with Crippen molar-refractivity contribution in [2.75, 3.05) is 13.1 Å². The van der Waals surface area contributed by atoms with Gasteiger partial charge in [0.2, 0.25) is 5.89 Å². The van der Waals surface area contributed by atoms with Crippen molar-refractivity contribution in [2.45, 2.75) is 32.1 Å². The molecule has 6 nitrogen and oxygen atoms in total. The summed E-state index contributed by atoms with van der Waals surface area (Å²) in [5, 5.41) is 3.87. The summed E-state index contributed by atoms with van der Waals surface area (Å²) >= 11 is 0. The average molecular weight is 286 g/mol. The summed E-state index contributed by atoms with van der Waals surface area (Å²) in [6.45, 7) is 5.32. The van der Waals surface area contributed by atoms with E-state index in [1.807, 2.05) is 11.8 Å². The number of amides is 1. The highest BCUT2D eigenvalue weighted by Gasteiger charge is 2.37. The second-order valence-corrected chi connectivity index (χ2v) is 5.74. The van der Waals surface area contributed by atoms with Gasteiger partial charge in [0.05, 0.1) is 5.41 Å². The maximum Gasteiger partial charge on any atom is 0.253 e. The lowest BCUT2D eigenvalue weighted by atomic mass is 9.80. The fraction of sp³-hybridized carbons (Fsp3) is 0.467. The molecule has 0 aliphatic carbocycles. The number of likely N-dealkylation sites (tertiary alicyclic amines) is 1. The van der Waals surface area contributed by atoms with Crippen LogP contribution in [0.4, 0.5) is 0 Å². The Morgan fingerprint density at radius 2 is 1.95 bits per heavy atom. The Morgan fingerprint density at radius 1 is 1.29 bits per heavy atom. The van der Waals surface area contributed by atoms with Gasteiger partial charge in [-0.1, -0.05) is 12.1 Å². The lowest BCUT2D eigenvalue weighted by molar-refractivity contribution is 0.0653. The highest BCUT2D eigenvalue weighted by molar-refractivity contribution is 5.94. The summed E-state index contributed by atoms with van der Waals surface area (Å²) < 4.78 is 5.31. The molecule has 0 saturated carbocycles. The first-order chi connectivity index (χ1) is 10.1. The van der Waals surface area contributed by atoms with Gasteiger partial charge < -0.3 is 9.42 Å². The quantitative estimate of drug-likeness (QED) is 0.844. The molecule has 0 atom stereocenters. The lowest BCUT2D eigenvalue weighted by Crippen LogP contribution is -2.44. The third-order valence-electron chi connectivity index (χ3n) is 4.13. The SMILES string of the molecule is Cc1noc(C2(C)CCN(C(=O)c3ccncc3)CC2)n1. The molecule has 0 unspecified atom stereocenters. The Kier molecular flexibility index (Phi) is 3.45. The van der Waals surface area contributed by atoms with Crippen LogP contribution in [0.3, 0.4) is 0 Å².